The lowest BCUT2D eigenvalue weighted by Crippen LogP contribution is -1.96. The second-order valence-electron chi connectivity index (χ2n) is 4.67. The normalized spacial score (nSPS) is 14.4. The third kappa shape index (κ3) is 2.87. The molecule has 3 rings (SSSR count). The van der Waals surface area contributed by atoms with Gasteiger partial charge in [-0.3, -0.25) is 0 Å². The van der Waals surface area contributed by atoms with Crippen molar-refractivity contribution in [1.29, 1.82) is 0 Å². The lowest BCUT2D eigenvalue weighted by molar-refractivity contribution is 0.340. The van der Waals surface area contributed by atoms with E-state index in [2.05, 4.69) is 9.97 Å². The van der Waals surface area contributed by atoms with Crippen LogP contribution in [0.3, 0.4) is 0 Å². The summed E-state index contributed by atoms with van der Waals surface area (Å²) in [4.78, 5) is 8.92. The maximum Gasteiger partial charge on any atom is 0.133 e. The van der Waals surface area contributed by atoms with E-state index >= 15 is 0 Å². The molecule has 19 heavy (non-hydrogen) atoms. The number of halogens is 1. The zero-order valence-corrected chi connectivity index (χ0v) is 11.5. The summed E-state index contributed by atoms with van der Waals surface area (Å²) in [6, 6.07) is 9.71. The van der Waals surface area contributed by atoms with Gasteiger partial charge in [-0.15, -0.1) is 0 Å². The average Bonchev–Trinajstić information content (AvgIpc) is 3.23. The topological polar surface area (TPSA) is 35.0 Å². The van der Waals surface area contributed by atoms with Crippen LogP contribution in [0.15, 0.2) is 30.3 Å². The third-order valence-electron chi connectivity index (χ3n) is 3.10. The van der Waals surface area contributed by atoms with Crippen LogP contribution in [0.2, 0.25) is 5.15 Å². The van der Waals surface area contributed by atoms with Crippen LogP contribution >= 0.6 is 11.6 Å². The zero-order chi connectivity index (χ0) is 13.2. The number of hydrogen-bond donors (Lipinski definition) is 0. The van der Waals surface area contributed by atoms with Crippen molar-refractivity contribution in [1.82, 2.24) is 9.97 Å². The predicted molar refractivity (Wildman–Crippen MR) is 75.6 cm³/mol. The molecule has 0 bridgehead atoms. The van der Waals surface area contributed by atoms with Gasteiger partial charge in [0.25, 0.3) is 0 Å². The average molecular weight is 275 g/mol. The molecular weight excluding hydrogens is 260 g/mol. The Labute approximate surface area is 117 Å². The second-order valence-corrected chi connectivity index (χ2v) is 5.06. The van der Waals surface area contributed by atoms with Crippen LogP contribution in [0.5, 0.6) is 5.75 Å². The van der Waals surface area contributed by atoms with E-state index in [1.165, 1.54) is 12.8 Å². The first-order chi connectivity index (χ1) is 9.26. The minimum Gasteiger partial charge on any atom is -0.494 e. The number of hydrogen-bond acceptors (Lipinski definition) is 3. The zero-order valence-electron chi connectivity index (χ0n) is 10.8. The number of benzene rings is 1. The van der Waals surface area contributed by atoms with E-state index in [9.17, 15) is 0 Å². The summed E-state index contributed by atoms with van der Waals surface area (Å²) in [5, 5.41) is 0.508. The Hall–Kier alpha value is -1.61. The van der Waals surface area contributed by atoms with Crippen molar-refractivity contribution < 1.29 is 4.74 Å². The minimum atomic E-state index is 0.493. The summed E-state index contributed by atoms with van der Waals surface area (Å²) in [5.74, 6) is 2.21. The van der Waals surface area contributed by atoms with Gasteiger partial charge in [0.1, 0.15) is 16.7 Å². The van der Waals surface area contributed by atoms with Gasteiger partial charge in [-0.05, 0) is 31.9 Å². The van der Waals surface area contributed by atoms with Gasteiger partial charge in [0.15, 0.2) is 0 Å². The highest BCUT2D eigenvalue weighted by Crippen LogP contribution is 2.39. The van der Waals surface area contributed by atoms with E-state index in [0.717, 1.165) is 22.8 Å². The smallest absolute Gasteiger partial charge is 0.133 e. The Kier molecular flexibility index (Phi) is 3.38. The fourth-order valence-electron chi connectivity index (χ4n) is 2.02. The molecule has 1 heterocycles. The Morgan fingerprint density at radius 3 is 2.84 bits per heavy atom. The number of rotatable bonds is 4. The summed E-state index contributed by atoms with van der Waals surface area (Å²) in [7, 11) is 0. The first kappa shape index (κ1) is 12.4. The van der Waals surface area contributed by atoms with Crippen LogP contribution in [0.1, 0.15) is 31.5 Å². The molecule has 0 aliphatic heterocycles. The predicted octanol–water partition coefficient (Wildman–Crippen LogP) is 4.07. The fourth-order valence-corrected chi connectivity index (χ4v) is 2.21. The number of nitrogens with zero attached hydrogens (tertiary/aromatic N) is 2. The molecule has 2 aromatic rings. The summed E-state index contributed by atoms with van der Waals surface area (Å²) >= 11 is 6.09. The number of ether oxygens (including phenoxy) is 1. The Bertz CT molecular complexity index is 596. The maximum absolute atomic E-state index is 6.09. The molecule has 0 atom stereocenters. The molecule has 0 radical (unpaired) electrons. The minimum absolute atomic E-state index is 0.493. The van der Waals surface area contributed by atoms with Gasteiger partial charge < -0.3 is 4.74 Å². The first-order valence-electron chi connectivity index (χ1n) is 6.54. The first-order valence-corrected chi connectivity index (χ1v) is 6.92. The van der Waals surface area contributed by atoms with Gasteiger partial charge in [0, 0.05) is 17.5 Å². The van der Waals surface area contributed by atoms with Crippen LogP contribution < -0.4 is 4.74 Å². The highest BCUT2D eigenvalue weighted by molar-refractivity contribution is 6.29. The van der Waals surface area contributed by atoms with Crippen LogP contribution in [-0.4, -0.2) is 16.6 Å². The molecule has 1 aromatic carbocycles. The standard InChI is InChI=1S/C15H15ClN2O/c1-2-19-12-5-3-4-11(8-12)13-9-14(16)18-15(17-13)10-6-7-10/h3-5,8-10H,2,6-7H2,1H3. The summed E-state index contributed by atoms with van der Waals surface area (Å²) < 4.78 is 5.51. The fraction of sp³-hybridized carbons (Fsp3) is 0.333. The highest BCUT2D eigenvalue weighted by atomic mass is 35.5. The SMILES string of the molecule is CCOc1cccc(-c2cc(Cl)nc(C3CC3)n2)c1. The van der Waals surface area contributed by atoms with E-state index in [-0.39, 0.29) is 0 Å². The number of aromatic nitrogens is 2. The molecule has 0 saturated heterocycles. The van der Waals surface area contributed by atoms with Crippen LogP contribution in [-0.2, 0) is 0 Å². The molecule has 0 unspecified atom stereocenters. The molecule has 3 nitrogen and oxygen atoms in total. The molecule has 1 fully saturated rings. The van der Waals surface area contributed by atoms with Gasteiger partial charge in [-0.2, -0.15) is 0 Å². The maximum atomic E-state index is 6.09. The van der Waals surface area contributed by atoms with Gasteiger partial charge >= 0.3 is 0 Å². The van der Waals surface area contributed by atoms with Crippen molar-refractivity contribution in [3.8, 4) is 17.0 Å². The molecule has 1 aliphatic carbocycles. The van der Waals surface area contributed by atoms with E-state index in [0.29, 0.717) is 17.7 Å². The summed E-state index contributed by atoms with van der Waals surface area (Å²) in [6.07, 6.45) is 2.33. The van der Waals surface area contributed by atoms with E-state index in [4.69, 9.17) is 16.3 Å². The van der Waals surface area contributed by atoms with Crippen molar-refractivity contribution in [3.05, 3.63) is 41.3 Å². The molecule has 98 valence electrons. The largest absolute Gasteiger partial charge is 0.494 e. The Morgan fingerprint density at radius 2 is 2.11 bits per heavy atom. The quantitative estimate of drug-likeness (QED) is 0.788. The van der Waals surface area contributed by atoms with E-state index in [1.807, 2.05) is 31.2 Å². The van der Waals surface area contributed by atoms with Gasteiger partial charge in [0.05, 0.1) is 12.3 Å². The summed E-state index contributed by atoms with van der Waals surface area (Å²) in [5.41, 5.74) is 1.88. The Balaban J connectivity index is 1.98. The van der Waals surface area contributed by atoms with E-state index in [1.54, 1.807) is 6.07 Å². The lowest BCUT2D eigenvalue weighted by Gasteiger charge is -2.07. The van der Waals surface area contributed by atoms with Gasteiger partial charge in [-0.25, -0.2) is 9.97 Å². The van der Waals surface area contributed by atoms with Crippen molar-refractivity contribution in [2.24, 2.45) is 0 Å². The van der Waals surface area contributed by atoms with Crippen molar-refractivity contribution in [3.63, 3.8) is 0 Å². The molecule has 0 amide bonds. The van der Waals surface area contributed by atoms with Crippen molar-refractivity contribution >= 4 is 11.6 Å². The summed E-state index contributed by atoms with van der Waals surface area (Å²) in [6.45, 7) is 2.63. The van der Waals surface area contributed by atoms with Gasteiger partial charge in [0.2, 0.25) is 0 Å². The molecule has 4 heteroatoms. The van der Waals surface area contributed by atoms with Crippen LogP contribution in [0, 0.1) is 0 Å². The van der Waals surface area contributed by atoms with Crippen LogP contribution in [0.25, 0.3) is 11.3 Å². The van der Waals surface area contributed by atoms with Crippen molar-refractivity contribution in [2.45, 2.75) is 25.7 Å². The molecule has 1 aromatic heterocycles. The third-order valence-corrected chi connectivity index (χ3v) is 3.29. The Morgan fingerprint density at radius 1 is 1.26 bits per heavy atom. The van der Waals surface area contributed by atoms with Crippen molar-refractivity contribution in [2.75, 3.05) is 6.61 Å². The molecule has 0 N–H and O–H groups in total. The molecule has 1 aliphatic rings. The van der Waals surface area contributed by atoms with Gasteiger partial charge in [-0.1, -0.05) is 23.7 Å². The second kappa shape index (κ2) is 5.17. The molecular formula is C15H15ClN2O. The highest BCUT2D eigenvalue weighted by Gasteiger charge is 2.27. The monoisotopic (exact) mass is 274 g/mol. The lowest BCUT2D eigenvalue weighted by atomic mass is 10.1. The molecule has 1 saturated carbocycles. The molecule has 0 spiro atoms. The van der Waals surface area contributed by atoms with E-state index < -0.39 is 0 Å². The van der Waals surface area contributed by atoms with Crippen LogP contribution in [0.4, 0.5) is 0 Å².